The van der Waals surface area contributed by atoms with E-state index in [1.165, 1.54) is 64.6 Å². The largest absolute Gasteiger partial charge is 0.313 e. The lowest BCUT2D eigenvalue weighted by Gasteiger charge is -2.39. The third kappa shape index (κ3) is 3.96. The Bertz CT molecular complexity index is 235. The van der Waals surface area contributed by atoms with Crippen molar-refractivity contribution in [3.63, 3.8) is 0 Å². The molecule has 0 aromatic heterocycles. The van der Waals surface area contributed by atoms with Gasteiger partial charge in [-0.25, -0.2) is 0 Å². The molecule has 0 bridgehead atoms. The molecule has 1 heterocycles. The first-order chi connectivity index (χ1) is 8.61. The highest BCUT2D eigenvalue weighted by molar-refractivity contribution is 4.85. The Morgan fingerprint density at radius 2 is 1.72 bits per heavy atom. The van der Waals surface area contributed by atoms with E-state index in [1.807, 2.05) is 0 Å². The second-order valence-corrected chi connectivity index (χ2v) is 7.12. The van der Waals surface area contributed by atoms with Gasteiger partial charge < -0.3 is 10.2 Å². The van der Waals surface area contributed by atoms with Crippen molar-refractivity contribution in [1.82, 2.24) is 10.2 Å². The van der Waals surface area contributed by atoms with Crippen LogP contribution in [0.2, 0.25) is 0 Å². The fourth-order valence-corrected chi connectivity index (χ4v) is 3.50. The average Bonchev–Trinajstić information content (AvgIpc) is 2.41. The Kier molecular flexibility index (Phi) is 5.08. The normalized spacial score (nSPS) is 33.5. The van der Waals surface area contributed by atoms with Gasteiger partial charge in [-0.15, -0.1) is 0 Å². The Morgan fingerprint density at radius 3 is 2.28 bits per heavy atom. The van der Waals surface area contributed by atoms with E-state index in [4.69, 9.17) is 0 Å². The zero-order valence-electron chi connectivity index (χ0n) is 12.7. The number of nitrogens with zero attached hydrogens (tertiary/aromatic N) is 1. The van der Waals surface area contributed by atoms with E-state index in [0.29, 0.717) is 5.41 Å². The highest BCUT2D eigenvalue weighted by Gasteiger charge is 2.30. The van der Waals surface area contributed by atoms with Gasteiger partial charge in [0.15, 0.2) is 0 Å². The Balaban J connectivity index is 1.68. The van der Waals surface area contributed by atoms with Gasteiger partial charge in [0.25, 0.3) is 0 Å². The van der Waals surface area contributed by atoms with E-state index < -0.39 is 0 Å². The van der Waals surface area contributed by atoms with E-state index in [0.717, 1.165) is 12.0 Å². The first kappa shape index (κ1) is 14.3. The van der Waals surface area contributed by atoms with Crippen molar-refractivity contribution in [3.05, 3.63) is 0 Å². The molecular weight excluding hydrogens is 220 g/mol. The summed E-state index contributed by atoms with van der Waals surface area (Å²) >= 11 is 0. The smallest absolute Gasteiger partial charge is 0.00674 e. The molecule has 0 radical (unpaired) electrons. The monoisotopic (exact) mass is 252 g/mol. The second kappa shape index (κ2) is 6.38. The molecule has 1 aliphatic heterocycles. The van der Waals surface area contributed by atoms with Crippen LogP contribution in [0.25, 0.3) is 0 Å². The molecule has 2 fully saturated rings. The summed E-state index contributed by atoms with van der Waals surface area (Å²) in [5.74, 6) is 1.02. The minimum Gasteiger partial charge on any atom is -0.313 e. The van der Waals surface area contributed by atoms with Gasteiger partial charge in [-0.1, -0.05) is 20.3 Å². The summed E-state index contributed by atoms with van der Waals surface area (Å²) in [6.07, 6.45) is 9.84. The summed E-state index contributed by atoms with van der Waals surface area (Å²) in [4.78, 5) is 2.47. The third-order valence-corrected chi connectivity index (χ3v) is 5.44. The van der Waals surface area contributed by atoms with Crippen molar-refractivity contribution in [2.45, 2.75) is 64.8 Å². The number of hydrogen-bond acceptors (Lipinski definition) is 2. The summed E-state index contributed by atoms with van der Waals surface area (Å²) in [5, 5.41) is 3.87. The molecule has 0 spiro atoms. The quantitative estimate of drug-likeness (QED) is 0.826. The molecule has 0 aromatic carbocycles. The maximum Gasteiger partial charge on any atom is 0.00674 e. The second-order valence-electron chi connectivity index (χ2n) is 7.12. The van der Waals surface area contributed by atoms with Crippen LogP contribution >= 0.6 is 0 Å². The molecule has 0 aromatic rings. The zero-order chi connectivity index (χ0) is 13.0. The molecule has 106 valence electrons. The van der Waals surface area contributed by atoms with Crippen molar-refractivity contribution in [2.24, 2.45) is 11.3 Å². The van der Waals surface area contributed by atoms with Gasteiger partial charge >= 0.3 is 0 Å². The van der Waals surface area contributed by atoms with Crippen molar-refractivity contribution in [2.75, 3.05) is 26.7 Å². The van der Waals surface area contributed by atoms with Crippen molar-refractivity contribution in [3.8, 4) is 0 Å². The van der Waals surface area contributed by atoms with E-state index in [-0.39, 0.29) is 0 Å². The van der Waals surface area contributed by atoms with Crippen LogP contribution < -0.4 is 5.32 Å². The molecule has 1 saturated heterocycles. The van der Waals surface area contributed by atoms with Gasteiger partial charge in [-0.3, -0.25) is 0 Å². The van der Waals surface area contributed by atoms with Gasteiger partial charge in [-0.05, 0) is 70.0 Å². The molecular formula is C16H32N2. The molecule has 0 amide bonds. The standard InChI is InChI=1S/C16H32N2/c1-4-14-5-7-15(8-6-14)17-13-16(2)9-11-18(3)12-10-16/h14-15,17H,4-13H2,1-3H3. The lowest BCUT2D eigenvalue weighted by molar-refractivity contribution is 0.128. The van der Waals surface area contributed by atoms with E-state index >= 15 is 0 Å². The number of rotatable bonds is 4. The topological polar surface area (TPSA) is 15.3 Å². The maximum absolute atomic E-state index is 3.87. The van der Waals surface area contributed by atoms with E-state index in [2.05, 4.69) is 31.1 Å². The Morgan fingerprint density at radius 1 is 1.11 bits per heavy atom. The molecule has 2 aliphatic rings. The first-order valence-corrected chi connectivity index (χ1v) is 8.03. The molecule has 1 saturated carbocycles. The maximum atomic E-state index is 3.87. The summed E-state index contributed by atoms with van der Waals surface area (Å²) in [6.45, 7) is 8.62. The minimum atomic E-state index is 0.550. The van der Waals surface area contributed by atoms with Crippen LogP contribution in [0.5, 0.6) is 0 Å². The number of hydrogen-bond donors (Lipinski definition) is 1. The predicted molar refractivity (Wildman–Crippen MR) is 78.9 cm³/mol. The van der Waals surface area contributed by atoms with E-state index in [1.54, 1.807) is 0 Å². The molecule has 2 rings (SSSR count). The molecule has 1 aliphatic carbocycles. The summed E-state index contributed by atoms with van der Waals surface area (Å²) in [7, 11) is 2.25. The highest BCUT2D eigenvalue weighted by Crippen LogP contribution is 2.31. The van der Waals surface area contributed by atoms with Gasteiger partial charge in [-0.2, -0.15) is 0 Å². The van der Waals surface area contributed by atoms with Gasteiger partial charge in [0, 0.05) is 12.6 Å². The van der Waals surface area contributed by atoms with E-state index in [9.17, 15) is 0 Å². The van der Waals surface area contributed by atoms with Gasteiger partial charge in [0.05, 0.1) is 0 Å². The summed E-state index contributed by atoms with van der Waals surface area (Å²) in [6, 6.07) is 0.810. The fourth-order valence-electron chi connectivity index (χ4n) is 3.50. The van der Waals surface area contributed by atoms with Crippen LogP contribution in [0.4, 0.5) is 0 Å². The molecule has 18 heavy (non-hydrogen) atoms. The van der Waals surface area contributed by atoms with Crippen LogP contribution in [0.1, 0.15) is 58.8 Å². The van der Waals surface area contributed by atoms with Crippen LogP contribution in [-0.4, -0.2) is 37.6 Å². The lowest BCUT2D eigenvalue weighted by atomic mass is 9.79. The highest BCUT2D eigenvalue weighted by atomic mass is 15.1. The van der Waals surface area contributed by atoms with Crippen LogP contribution in [0.15, 0.2) is 0 Å². The first-order valence-electron chi connectivity index (χ1n) is 8.03. The Hall–Kier alpha value is -0.0800. The average molecular weight is 252 g/mol. The molecule has 2 nitrogen and oxygen atoms in total. The number of piperidine rings is 1. The van der Waals surface area contributed by atoms with Crippen molar-refractivity contribution in [1.29, 1.82) is 0 Å². The summed E-state index contributed by atoms with van der Waals surface area (Å²) in [5.41, 5.74) is 0.550. The van der Waals surface area contributed by atoms with Crippen LogP contribution in [-0.2, 0) is 0 Å². The SMILES string of the molecule is CCC1CCC(NCC2(C)CCN(C)CC2)CC1. The molecule has 2 heteroatoms. The molecule has 0 atom stereocenters. The van der Waals surface area contributed by atoms with Gasteiger partial charge in [0.2, 0.25) is 0 Å². The summed E-state index contributed by atoms with van der Waals surface area (Å²) < 4.78 is 0. The number of likely N-dealkylation sites (tertiary alicyclic amines) is 1. The predicted octanol–water partition coefficient (Wildman–Crippen LogP) is 3.28. The van der Waals surface area contributed by atoms with Gasteiger partial charge in [0.1, 0.15) is 0 Å². The van der Waals surface area contributed by atoms with Crippen LogP contribution in [0, 0.1) is 11.3 Å². The molecule has 1 N–H and O–H groups in total. The number of nitrogens with one attached hydrogen (secondary N) is 1. The van der Waals surface area contributed by atoms with Crippen molar-refractivity contribution < 1.29 is 0 Å². The Labute approximate surface area is 114 Å². The fraction of sp³-hybridized carbons (Fsp3) is 1.00. The zero-order valence-corrected chi connectivity index (χ0v) is 12.7. The third-order valence-electron chi connectivity index (χ3n) is 5.44. The lowest BCUT2D eigenvalue weighted by Crippen LogP contribution is -2.45. The van der Waals surface area contributed by atoms with Crippen molar-refractivity contribution >= 4 is 0 Å². The minimum absolute atomic E-state index is 0.550. The molecule has 0 unspecified atom stereocenters. The van der Waals surface area contributed by atoms with Crippen LogP contribution in [0.3, 0.4) is 0 Å².